The molecule has 2 bridgehead atoms. The van der Waals surface area contributed by atoms with E-state index in [1.807, 2.05) is 0 Å². The minimum atomic E-state index is 0.869. The van der Waals surface area contributed by atoms with E-state index in [1.165, 1.54) is 34.7 Å². The smallest absolute Gasteiger partial charge is 0.00389 e. The van der Waals surface area contributed by atoms with Crippen molar-refractivity contribution in [3.05, 3.63) is 119 Å². The maximum Gasteiger partial charge on any atom is -0.00389 e. The van der Waals surface area contributed by atoms with Gasteiger partial charge in [-0.05, 0) is 76.0 Å². The van der Waals surface area contributed by atoms with Crippen LogP contribution in [0.25, 0.3) is 22.9 Å². The van der Waals surface area contributed by atoms with E-state index >= 15 is 0 Å². The number of benzene rings is 3. The van der Waals surface area contributed by atoms with E-state index < -0.39 is 0 Å². The Kier molecular flexibility index (Phi) is 4.72. The molecule has 4 unspecified atom stereocenters. The van der Waals surface area contributed by atoms with Gasteiger partial charge in [0.2, 0.25) is 0 Å². The first kappa shape index (κ1) is 18.6. The average molecular weight is 401 g/mol. The lowest BCUT2D eigenvalue weighted by Gasteiger charge is -2.20. The number of hydrogen-bond donors (Lipinski definition) is 0. The zero-order valence-electron chi connectivity index (χ0n) is 17.8. The Morgan fingerprint density at radius 1 is 0.677 bits per heavy atom. The van der Waals surface area contributed by atoms with E-state index in [4.69, 9.17) is 0 Å². The van der Waals surface area contributed by atoms with Crippen LogP contribution in [0.15, 0.2) is 97.1 Å². The lowest BCUT2D eigenvalue weighted by Crippen LogP contribution is -2.12. The summed E-state index contributed by atoms with van der Waals surface area (Å²) in [6.07, 6.45) is 21.6. The highest BCUT2D eigenvalue weighted by Crippen LogP contribution is 2.58. The molecular weight excluding hydrogens is 372 g/mol. The molecule has 0 aliphatic heterocycles. The van der Waals surface area contributed by atoms with Gasteiger partial charge in [-0.2, -0.15) is 0 Å². The zero-order valence-corrected chi connectivity index (χ0v) is 17.8. The van der Waals surface area contributed by atoms with Gasteiger partial charge in [0.05, 0.1) is 0 Å². The fourth-order valence-corrected chi connectivity index (χ4v) is 6.21. The maximum atomic E-state index is 2.47. The third kappa shape index (κ3) is 3.31. The monoisotopic (exact) mass is 400 g/mol. The Morgan fingerprint density at radius 2 is 1.39 bits per heavy atom. The van der Waals surface area contributed by atoms with Gasteiger partial charge in [-0.1, -0.05) is 109 Å². The Balaban J connectivity index is 0.0000000992. The van der Waals surface area contributed by atoms with Gasteiger partial charge < -0.3 is 0 Å². The number of rotatable bonds is 0. The molecule has 0 N–H and O–H groups in total. The van der Waals surface area contributed by atoms with Gasteiger partial charge in [0.25, 0.3) is 0 Å². The van der Waals surface area contributed by atoms with Crippen LogP contribution in [-0.4, -0.2) is 0 Å². The van der Waals surface area contributed by atoms with Gasteiger partial charge in [-0.25, -0.2) is 0 Å². The summed E-state index contributed by atoms with van der Waals surface area (Å²) in [6.45, 7) is 0. The standard InChI is InChI=1S/C14H14.C12H8.C5H6/c1-2-4-12-9(3-1)8-13-10-5-6-11(7-10)14(12)13;1-3-9-4-2-6-11-8-7-10(5-1)12(9)11;1-2-4-5-3-1/h1-6,10-11,13-14H,7-8H2;1-8H;1-4H,5H2. The molecule has 5 aliphatic carbocycles. The molecule has 0 radical (unpaired) electrons. The van der Waals surface area contributed by atoms with Crippen molar-refractivity contribution in [3.8, 4) is 0 Å². The van der Waals surface area contributed by atoms with Crippen LogP contribution in [0.2, 0.25) is 0 Å². The number of allylic oxidation sites excluding steroid dienone is 6. The van der Waals surface area contributed by atoms with Crippen LogP contribution in [0.1, 0.15) is 41.0 Å². The lowest BCUT2D eigenvalue weighted by atomic mass is 9.84. The summed E-state index contributed by atoms with van der Waals surface area (Å²) in [4.78, 5) is 0. The molecule has 0 amide bonds. The molecule has 3 aromatic rings. The van der Waals surface area contributed by atoms with E-state index in [9.17, 15) is 0 Å². The molecule has 1 fully saturated rings. The molecule has 5 aliphatic rings. The zero-order chi connectivity index (χ0) is 20.6. The molecule has 0 nitrogen and oxygen atoms in total. The normalized spacial score (nSPS) is 26.5. The quantitative estimate of drug-likeness (QED) is 0.263. The van der Waals surface area contributed by atoms with E-state index in [0.29, 0.717) is 0 Å². The SMILES string of the molecule is C1=CC2CC1C1Cc3ccccc3C21.C1=CCC=C1.C1=Cc2cccc3cccc1c23. The number of hydrogen-bond acceptors (Lipinski definition) is 0. The second-order valence-electron chi connectivity index (χ2n) is 9.26. The third-order valence-corrected chi connectivity index (χ3v) is 7.56. The van der Waals surface area contributed by atoms with Gasteiger partial charge in [0.1, 0.15) is 0 Å². The average Bonchev–Trinajstić information content (AvgIpc) is 3.64. The molecule has 0 saturated heterocycles. The van der Waals surface area contributed by atoms with Crippen molar-refractivity contribution in [2.45, 2.75) is 25.2 Å². The molecule has 0 heterocycles. The summed E-state index contributed by atoms with van der Waals surface area (Å²) < 4.78 is 0. The van der Waals surface area contributed by atoms with Crippen LogP contribution in [0.5, 0.6) is 0 Å². The molecule has 8 rings (SSSR count). The molecule has 0 heteroatoms. The Labute approximate surface area is 185 Å². The molecule has 152 valence electrons. The third-order valence-electron chi connectivity index (χ3n) is 7.56. The van der Waals surface area contributed by atoms with Crippen molar-refractivity contribution in [3.63, 3.8) is 0 Å². The molecule has 1 saturated carbocycles. The summed E-state index contributed by atoms with van der Waals surface area (Å²) in [6, 6.07) is 21.9. The Hall–Kier alpha value is -3.12. The predicted molar refractivity (Wildman–Crippen MR) is 133 cm³/mol. The van der Waals surface area contributed by atoms with Crippen molar-refractivity contribution >= 4 is 22.9 Å². The van der Waals surface area contributed by atoms with Crippen LogP contribution in [-0.2, 0) is 6.42 Å². The molecule has 0 spiro atoms. The Bertz CT molecular complexity index is 1190. The predicted octanol–water partition coefficient (Wildman–Crippen LogP) is 7.97. The van der Waals surface area contributed by atoms with Crippen LogP contribution >= 0.6 is 0 Å². The van der Waals surface area contributed by atoms with Crippen molar-refractivity contribution in [2.75, 3.05) is 0 Å². The highest BCUT2D eigenvalue weighted by molar-refractivity contribution is 6.04. The Morgan fingerprint density at radius 3 is 2.10 bits per heavy atom. The van der Waals surface area contributed by atoms with Crippen LogP contribution < -0.4 is 0 Å². The first-order valence-corrected chi connectivity index (χ1v) is 11.7. The topological polar surface area (TPSA) is 0 Å². The number of fused-ring (bicyclic) bond motifs is 7. The summed E-state index contributed by atoms with van der Waals surface area (Å²) in [7, 11) is 0. The van der Waals surface area contributed by atoms with Gasteiger partial charge in [-0.15, -0.1) is 0 Å². The largest absolute Gasteiger partial charge is 0.0848 e. The molecule has 31 heavy (non-hydrogen) atoms. The second kappa shape index (κ2) is 7.85. The van der Waals surface area contributed by atoms with E-state index in [2.05, 4.69) is 109 Å². The molecule has 4 atom stereocenters. The minimum Gasteiger partial charge on any atom is -0.0848 e. The van der Waals surface area contributed by atoms with Gasteiger partial charge in [0.15, 0.2) is 0 Å². The van der Waals surface area contributed by atoms with Crippen molar-refractivity contribution in [1.82, 2.24) is 0 Å². The summed E-state index contributed by atoms with van der Waals surface area (Å²) in [5.74, 6) is 3.59. The minimum absolute atomic E-state index is 0.869. The highest BCUT2D eigenvalue weighted by Gasteiger charge is 2.48. The summed E-state index contributed by atoms with van der Waals surface area (Å²) >= 11 is 0. The van der Waals surface area contributed by atoms with Crippen molar-refractivity contribution in [1.29, 1.82) is 0 Å². The molecule has 3 aromatic carbocycles. The summed E-state index contributed by atoms with van der Waals surface area (Å²) in [5, 5.41) is 2.75. The molecule has 0 aromatic heterocycles. The van der Waals surface area contributed by atoms with E-state index in [-0.39, 0.29) is 0 Å². The van der Waals surface area contributed by atoms with Gasteiger partial charge >= 0.3 is 0 Å². The van der Waals surface area contributed by atoms with Crippen LogP contribution in [0.3, 0.4) is 0 Å². The first-order valence-electron chi connectivity index (χ1n) is 11.7. The molecular formula is C31H28. The fourth-order valence-electron chi connectivity index (χ4n) is 6.21. The fraction of sp³-hybridized carbons (Fsp3) is 0.226. The van der Waals surface area contributed by atoms with Crippen molar-refractivity contribution < 1.29 is 0 Å². The summed E-state index contributed by atoms with van der Waals surface area (Å²) in [5.41, 5.74) is 5.99. The van der Waals surface area contributed by atoms with Gasteiger partial charge in [-0.3, -0.25) is 0 Å². The second-order valence-corrected chi connectivity index (χ2v) is 9.26. The highest BCUT2D eigenvalue weighted by atomic mass is 14.5. The van der Waals surface area contributed by atoms with Crippen LogP contribution in [0.4, 0.5) is 0 Å². The van der Waals surface area contributed by atoms with E-state index in [0.717, 1.165) is 30.1 Å². The lowest BCUT2D eigenvalue weighted by molar-refractivity contribution is 0.426. The maximum absolute atomic E-state index is 2.47. The van der Waals surface area contributed by atoms with Crippen molar-refractivity contribution in [2.24, 2.45) is 17.8 Å². The van der Waals surface area contributed by atoms with Gasteiger partial charge in [0, 0.05) is 0 Å². The van der Waals surface area contributed by atoms with E-state index in [1.54, 1.807) is 11.1 Å². The first-order chi connectivity index (χ1) is 15.4. The van der Waals surface area contributed by atoms with Crippen LogP contribution in [0, 0.1) is 17.8 Å².